The number of anilines is 3. The average Bonchev–Trinajstić information content (AvgIpc) is 0.793. The quantitative estimate of drug-likeness (QED) is 0.0195. The largest absolute Gasteiger partial charge is 3.00 e. The molecule has 3 aliphatic rings. The third kappa shape index (κ3) is 29.7. The molecule has 12 aromatic rings. The van der Waals surface area contributed by atoms with Crippen molar-refractivity contribution in [1.82, 2.24) is 0 Å². The Kier molecular flexibility index (Phi) is 38.1. The molecule has 0 radical (unpaired) electrons. The maximum absolute atomic E-state index is 11.7. The van der Waals surface area contributed by atoms with E-state index in [-0.39, 0.29) is 46.7 Å². The Labute approximate surface area is 874 Å². The average molecular weight is 2140 g/mol. The van der Waals surface area contributed by atoms with Crippen LogP contribution in [0.1, 0.15) is 108 Å². The van der Waals surface area contributed by atoms with Gasteiger partial charge in [-0.2, -0.15) is 25.3 Å². The van der Waals surface area contributed by atoms with E-state index in [1.807, 2.05) is 278 Å². The molecule has 3 aliphatic carbocycles. The van der Waals surface area contributed by atoms with Crippen LogP contribution in [0.5, 0.6) is 0 Å². The molecule has 145 heavy (non-hydrogen) atoms. The van der Waals surface area contributed by atoms with E-state index >= 15 is 0 Å². The fraction of sp³-hybridized carbons (Fsp3) is 0.162. The summed E-state index contributed by atoms with van der Waals surface area (Å²) in [5.74, 6) is 0. The molecule has 34 heteroatoms. The number of benzene rings is 12. The van der Waals surface area contributed by atoms with Gasteiger partial charge in [0.15, 0.2) is 36.8 Å². The summed E-state index contributed by atoms with van der Waals surface area (Å²) in [7, 11) is -26.5. The summed E-state index contributed by atoms with van der Waals surface area (Å²) >= 11 is 20.2. The Hall–Kier alpha value is -12.4. The van der Waals surface area contributed by atoms with E-state index in [9.17, 15) is 77.8 Å². The van der Waals surface area contributed by atoms with Gasteiger partial charge in [-0.05, 0) is 272 Å². The van der Waals surface area contributed by atoms with Crippen molar-refractivity contribution in [2.75, 3.05) is 54.0 Å². The molecule has 0 unspecified atom stereocenters. The Morgan fingerprint density at radius 1 is 0.269 bits per heavy atom. The zero-order valence-electron chi connectivity index (χ0n) is 79.9. The molecular formula is C111H105AlCl3N6O18S6+3. The third-order valence-electron chi connectivity index (χ3n) is 24.2. The maximum atomic E-state index is 11.7. The van der Waals surface area contributed by atoms with Crippen LogP contribution in [0.3, 0.4) is 0 Å². The monoisotopic (exact) mass is 2130 g/mol. The number of hydrogen-bond acceptors (Lipinski definition) is 18. The first-order valence-corrected chi connectivity index (χ1v) is 55.6. The van der Waals surface area contributed by atoms with Crippen LogP contribution in [0.15, 0.2) is 410 Å². The van der Waals surface area contributed by atoms with Gasteiger partial charge in [-0.25, -0.2) is 39.0 Å². The molecule has 3 N–H and O–H groups in total. The number of hydrogen-bond donors (Lipinski definition) is 3. The van der Waals surface area contributed by atoms with Crippen molar-refractivity contribution in [3.05, 3.63) is 463 Å². The van der Waals surface area contributed by atoms with Gasteiger partial charge in [-0.15, -0.1) is 0 Å². The molecule has 0 saturated heterocycles. The van der Waals surface area contributed by atoms with Gasteiger partial charge in [-0.1, -0.05) is 199 Å². The Morgan fingerprint density at radius 3 is 0.676 bits per heavy atom. The van der Waals surface area contributed by atoms with E-state index in [0.717, 1.165) is 118 Å². The van der Waals surface area contributed by atoms with Gasteiger partial charge in [0, 0.05) is 141 Å². The van der Waals surface area contributed by atoms with Gasteiger partial charge in [0.25, 0.3) is 30.4 Å². The molecule has 0 aliphatic heterocycles. The van der Waals surface area contributed by atoms with Gasteiger partial charge in [-0.3, -0.25) is 13.7 Å². The van der Waals surface area contributed by atoms with E-state index in [1.165, 1.54) is 72.8 Å². The Morgan fingerprint density at radius 2 is 0.476 bits per heavy atom. The molecular weight excluding hydrogens is 2030 g/mol. The van der Waals surface area contributed by atoms with Crippen molar-refractivity contribution in [2.24, 2.45) is 0 Å². The zero-order chi connectivity index (χ0) is 103. The van der Waals surface area contributed by atoms with Gasteiger partial charge >= 0.3 is 17.4 Å². The second kappa shape index (κ2) is 49.6. The molecule has 0 bridgehead atoms. The first-order chi connectivity index (χ1) is 68.6. The van der Waals surface area contributed by atoms with Gasteiger partial charge in [0.05, 0.1) is 29.4 Å². The predicted molar refractivity (Wildman–Crippen MR) is 573 cm³/mol. The summed E-state index contributed by atoms with van der Waals surface area (Å²) in [6, 6.07) is 84.4. The van der Waals surface area contributed by atoms with Gasteiger partial charge < -0.3 is 28.4 Å². The molecule has 12 aromatic carbocycles. The molecule has 0 fully saturated rings. The molecule has 0 saturated carbocycles. The van der Waals surface area contributed by atoms with E-state index in [4.69, 9.17) is 34.8 Å². The summed E-state index contributed by atoms with van der Waals surface area (Å²) in [4.78, 5) is 5.13. The van der Waals surface area contributed by atoms with Crippen LogP contribution in [0.2, 0.25) is 15.1 Å². The van der Waals surface area contributed by atoms with E-state index in [1.54, 1.807) is 54.6 Å². The van der Waals surface area contributed by atoms with Crippen molar-refractivity contribution in [2.45, 2.75) is 110 Å². The zero-order valence-corrected chi connectivity index (χ0v) is 88.3. The van der Waals surface area contributed by atoms with Crippen LogP contribution in [0.25, 0.3) is 16.7 Å². The molecule has 0 heterocycles. The normalized spacial score (nSPS) is 13.0. The van der Waals surface area contributed by atoms with Crippen molar-refractivity contribution in [1.29, 1.82) is 0 Å². The van der Waals surface area contributed by atoms with Crippen LogP contribution in [-0.4, -0.2) is 165 Å². The maximum Gasteiger partial charge on any atom is 3.00 e. The SMILES string of the molecule is CCN(Cc1cccc(S(=O)(=O)[O-])c1)c1ccc(C(=C2C=CC(=[N+](CC)Cc3cccc(S(=O)(=O)O)c3)C=C2)c2ccccc2Cl)cc1.CCN(Cc1cccc(S(=O)(=O)[O-])c1)c1ccc(C(=C2C=CC(=[N+](CC)Cc3cccc(S(=O)(=O)O)c3)C=C2)c2ccccc2Cl)cc1.CCN(Cc1cccc(S(=O)(=O)[O-])c1)c1ccc(C(=C2C=CC(=[N+](CC)Cc3cccc(S(=O)(=O)O)c3)C=C2)c2ccccc2Cl)cc1.[Al+3]. The first-order valence-electron chi connectivity index (χ1n) is 45.9. The number of halogens is 3. The fourth-order valence-electron chi connectivity index (χ4n) is 16.9. The second-order valence-electron chi connectivity index (χ2n) is 33.6. The van der Waals surface area contributed by atoms with Crippen LogP contribution in [0, 0.1) is 0 Å². The number of nitrogens with zero attached hydrogens (tertiary/aromatic N) is 6. The van der Waals surface area contributed by atoms with Crippen LogP contribution in [-0.2, 0) is 100.0 Å². The number of allylic oxidation sites excluding steroid dienone is 15. The summed E-state index contributed by atoms with van der Waals surface area (Å²) in [6.45, 7) is 18.7. The molecule has 15 rings (SSSR count). The van der Waals surface area contributed by atoms with Gasteiger partial charge in [0.2, 0.25) is 0 Å². The second-order valence-corrected chi connectivity index (χ2v) is 43.2. The first kappa shape index (κ1) is 111. The standard InChI is InChI=1S/3C37H35ClN2O6S2.Al/c3*1-3-39(25-27-9-7-11-33(23-27)47(41,42)43)31-19-15-29(16-20-31)37(35-13-5-6-14-36(35)38)30-17-21-32(22-18-30)40(4-2)26-28-10-8-12-34(24-28)48(44,45)46;/h3*5-24H,3-4,25-26H2,1-2H3,(H-,41,42,43,44,45,46);/q;;;+3. The molecule has 744 valence electrons. The summed E-state index contributed by atoms with van der Waals surface area (Å²) in [6.07, 6.45) is 24.3. The molecule has 24 nitrogen and oxygen atoms in total. The van der Waals surface area contributed by atoms with E-state index in [0.29, 0.717) is 110 Å². The molecule has 0 aromatic heterocycles. The topological polar surface area (TPSA) is 353 Å². The van der Waals surface area contributed by atoms with Crippen LogP contribution >= 0.6 is 34.8 Å². The van der Waals surface area contributed by atoms with Crippen LogP contribution < -0.4 is 14.7 Å². The summed E-state index contributed by atoms with van der Waals surface area (Å²) < 4.78 is 209. The molecule has 0 amide bonds. The minimum atomic E-state index is -4.55. The summed E-state index contributed by atoms with van der Waals surface area (Å²) in [5.41, 5.74) is 21.2. The molecule has 0 atom stereocenters. The van der Waals surface area contributed by atoms with Crippen molar-refractivity contribution < 1.29 is 91.5 Å². The predicted octanol–water partition coefficient (Wildman–Crippen LogP) is 21.0. The summed E-state index contributed by atoms with van der Waals surface area (Å²) in [5, 5.41) is 1.83. The Bertz CT molecular complexity index is 7210. The fourth-order valence-corrected chi connectivity index (χ4v) is 20.9. The van der Waals surface area contributed by atoms with Crippen molar-refractivity contribution in [3.63, 3.8) is 0 Å². The van der Waals surface area contributed by atoms with Crippen molar-refractivity contribution >= 4 is 164 Å². The van der Waals surface area contributed by atoms with Crippen molar-refractivity contribution in [3.8, 4) is 0 Å². The molecule has 0 spiro atoms. The van der Waals surface area contributed by atoms with Gasteiger partial charge in [0.1, 0.15) is 50.0 Å². The minimum Gasteiger partial charge on any atom is -0.744 e. The smallest absolute Gasteiger partial charge is 0.744 e. The minimum absolute atomic E-state index is 0. The Balaban J connectivity index is 0.000000193. The number of rotatable bonds is 33. The van der Waals surface area contributed by atoms with E-state index < -0.39 is 60.7 Å². The third-order valence-corrected chi connectivity index (χ3v) is 30.3. The van der Waals surface area contributed by atoms with E-state index in [2.05, 4.69) is 28.4 Å². The van der Waals surface area contributed by atoms with Crippen LogP contribution in [0.4, 0.5) is 17.1 Å².